The fourth-order valence-electron chi connectivity index (χ4n) is 4.06. The van der Waals surface area contributed by atoms with Crippen molar-refractivity contribution in [1.82, 2.24) is 0 Å². The number of hydrogen-bond acceptors (Lipinski definition) is 5. The third-order valence-electron chi connectivity index (χ3n) is 5.22. The number of hydrogen-bond donors (Lipinski definition) is 0. The van der Waals surface area contributed by atoms with Crippen LogP contribution in [0.2, 0.25) is 5.02 Å². The number of amides is 2. The van der Waals surface area contributed by atoms with Crippen LogP contribution in [0.1, 0.15) is 31.9 Å². The molecule has 33 heavy (non-hydrogen) atoms. The predicted octanol–water partition coefficient (Wildman–Crippen LogP) is 5.36. The molecule has 0 fully saturated rings. The Bertz CT molecular complexity index is 1100. The molecule has 0 aliphatic carbocycles. The first kappa shape index (κ1) is 24.5. The average molecular weight is 485 g/mol. The van der Waals surface area contributed by atoms with Gasteiger partial charge in [0, 0.05) is 9.95 Å². The van der Waals surface area contributed by atoms with Gasteiger partial charge in [-0.05, 0) is 50.1 Å². The van der Waals surface area contributed by atoms with Crippen molar-refractivity contribution in [1.29, 1.82) is 0 Å². The van der Waals surface area contributed by atoms with Crippen LogP contribution in [-0.2, 0) is 14.9 Å². The Labute approximate surface area is 192 Å². The van der Waals surface area contributed by atoms with Gasteiger partial charge >= 0.3 is 12.3 Å². The highest BCUT2D eigenvalue weighted by Crippen LogP contribution is 2.55. The van der Waals surface area contributed by atoms with Gasteiger partial charge in [-0.2, -0.15) is 13.2 Å². The Balaban J connectivity index is 2.41. The summed E-state index contributed by atoms with van der Waals surface area (Å²) in [4.78, 5) is 37.5. The number of ether oxygens (including phenoxy) is 1. The third kappa shape index (κ3) is 4.39. The fraction of sp³-hybridized carbons (Fsp3) is 0.364. The molecule has 0 aromatic heterocycles. The number of rotatable bonds is 4. The maximum atomic E-state index is 14.4. The van der Waals surface area contributed by atoms with Gasteiger partial charge < -0.3 is 4.74 Å². The zero-order valence-corrected chi connectivity index (χ0v) is 18.6. The molecule has 1 heterocycles. The molecule has 0 spiro atoms. The van der Waals surface area contributed by atoms with Crippen LogP contribution in [0.5, 0.6) is 0 Å². The lowest BCUT2D eigenvalue weighted by molar-refractivity contribution is -0.499. The number of fused-ring (bicyclic) bond motifs is 1. The molecular weight excluding hydrogens is 465 g/mol. The molecule has 2 amide bonds. The summed E-state index contributed by atoms with van der Waals surface area (Å²) in [5.74, 6) is -4.09. The number of benzene rings is 2. The van der Waals surface area contributed by atoms with Crippen LogP contribution in [0.25, 0.3) is 0 Å². The number of alkyl halides is 3. The van der Waals surface area contributed by atoms with E-state index in [0.29, 0.717) is 4.90 Å². The Morgan fingerprint density at radius 1 is 1.18 bits per heavy atom. The SMILES string of the molecule is CC(C)(C)OC(=O)N1C(=O)[C@@](c2ccccc2)([C@H](C[N+](=O)[O-])C(F)(F)F)c2cc(Cl)ccc21. The molecule has 3 rings (SSSR count). The zero-order chi connectivity index (χ0) is 24.8. The molecular formula is C22H20ClF3N2O5. The van der Waals surface area contributed by atoms with Crippen molar-refractivity contribution in [2.75, 3.05) is 11.4 Å². The topological polar surface area (TPSA) is 89.8 Å². The second kappa shape index (κ2) is 8.33. The molecule has 0 saturated heterocycles. The van der Waals surface area contributed by atoms with Crippen molar-refractivity contribution >= 4 is 29.3 Å². The first-order chi connectivity index (χ1) is 15.2. The molecule has 1 aliphatic heterocycles. The summed E-state index contributed by atoms with van der Waals surface area (Å²) < 4.78 is 48.5. The zero-order valence-electron chi connectivity index (χ0n) is 17.9. The van der Waals surface area contributed by atoms with Gasteiger partial charge in [0.2, 0.25) is 6.54 Å². The highest BCUT2D eigenvalue weighted by atomic mass is 35.5. The van der Waals surface area contributed by atoms with E-state index in [1.807, 2.05) is 0 Å². The summed E-state index contributed by atoms with van der Waals surface area (Å²) in [5, 5.41) is 11.3. The molecule has 176 valence electrons. The van der Waals surface area contributed by atoms with Crippen LogP contribution in [0.3, 0.4) is 0 Å². The number of anilines is 1. The summed E-state index contributed by atoms with van der Waals surface area (Å²) in [5.41, 5.74) is -4.30. The van der Waals surface area contributed by atoms with Crippen molar-refractivity contribution in [2.45, 2.75) is 38.0 Å². The van der Waals surface area contributed by atoms with E-state index in [1.54, 1.807) is 0 Å². The lowest BCUT2D eigenvalue weighted by Crippen LogP contribution is -2.55. The largest absolute Gasteiger partial charge is 0.443 e. The first-order valence-corrected chi connectivity index (χ1v) is 10.2. The van der Waals surface area contributed by atoms with Crippen LogP contribution >= 0.6 is 11.6 Å². The van der Waals surface area contributed by atoms with Crippen molar-refractivity contribution in [3.05, 3.63) is 74.8 Å². The summed E-state index contributed by atoms with van der Waals surface area (Å²) in [6.07, 6.45) is -6.38. The highest BCUT2D eigenvalue weighted by Gasteiger charge is 2.67. The standard InChI is InChI=1S/C22H20ClF3N2O5/c1-20(2,3)33-19(30)28-16-10-9-14(23)11-15(16)21(18(28)29,13-7-5-4-6-8-13)17(12-27(31)32)22(24,25)26/h4-11,17H,12H2,1-3H3/t17-,21+/m0/s1. The Hall–Kier alpha value is -3.14. The molecule has 2 aromatic rings. The molecule has 11 heteroatoms. The van der Waals surface area contributed by atoms with Crippen LogP contribution in [0.15, 0.2) is 48.5 Å². The van der Waals surface area contributed by atoms with Crippen LogP contribution < -0.4 is 4.90 Å². The van der Waals surface area contributed by atoms with Gasteiger partial charge in [-0.25, -0.2) is 9.69 Å². The number of nitrogens with zero attached hydrogens (tertiary/aromatic N) is 2. The summed E-state index contributed by atoms with van der Waals surface area (Å²) in [7, 11) is 0. The van der Waals surface area contributed by atoms with Crippen molar-refractivity contribution in [3.63, 3.8) is 0 Å². The van der Waals surface area contributed by atoms with Crippen LogP contribution in [0.4, 0.5) is 23.7 Å². The maximum absolute atomic E-state index is 14.4. The van der Waals surface area contributed by atoms with E-state index < -0.39 is 46.6 Å². The number of carbonyl (C=O) groups excluding carboxylic acids is 2. The second-order valence-electron chi connectivity index (χ2n) is 8.57. The minimum Gasteiger partial charge on any atom is -0.443 e. The molecule has 0 bridgehead atoms. The monoisotopic (exact) mass is 484 g/mol. The van der Waals surface area contributed by atoms with E-state index in [9.17, 15) is 32.9 Å². The fourth-order valence-corrected chi connectivity index (χ4v) is 4.23. The van der Waals surface area contributed by atoms with E-state index in [1.165, 1.54) is 63.2 Å². The quantitative estimate of drug-likeness (QED) is 0.430. The molecule has 0 radical (unpaired) electrons. The number of carbonyl (C=O) groups is 2. The van der Waals surface area contributed by atoms with Gasteiger partial charge in [0.15, 0.2) is 0 Å². The van der Waals surface area contributed by atoms with E-state index in [2.05, 4.69) is 0 Å². The van der Waals surface area contributed by atoms with E-state index in [4.69, 9.17) is 16.3 Å². The molecule has 0 unspecified atom stereocenters. The lowest BCUT2D eigenvalue weighted by atomic mass is 9.66. The highest BCUT2D eigenvalue weighted by molar-refractivity contribution is 6.31. The van der Waals surface area contributed by atoms with Gasteiger partial charge in [-0.15, -0.1) is 0 Å². The summed E-state index contributed by atoms with van der Waals surface area (Å²) in [6.45, 7) is 3.00. The van der Waals surface area contributed by atoms with E-state index >= 15 is 0 Å². The summed E-state index contributed by atoms with van der Waals surface area (Å²) >= 11 is 6.08. The number of nitro groups is 1. The molecule has 0 saturated carbocycles. The van der Waals surface area contributed by atoms with Crippen molar-refractivity contribution in [3.8, 4) is 0 Å². The van der Waals surface area contributed by atoms with Gasteiger partial charge in [-0.1, -0.05) is 41.9 Å². The predicted molar refractivity (Wildman–Crippen MR) is 114 cm³/mol. The van der Waals surface area contributed by atoms with Crippen molar-refractivity contribution < 1.29 is 32.4 Å². The average Bonchev–Trinajstić information content (AvgIpc) is 2.93. The van der Waals surface area contributed by atoms with Gasteiger partial charge in [0.25, 0.3) is 5.91 Å². The summed E-state index contributed by atoms with van der Waals surface area (Å²) in [6, 6.07) is 10.5. The maximum Gasteiger partial charge on any atom is 0.421 e. The lowest BCUT2D eigenvalue weighted by Gasteiger charge is -2.36. The minimum absolute atomic E-state index is 0.00470. The van der Waals surface area contributed by atoms with E-state index in [-0.39, 0.29) is 21.8 Å². The Kier molecular flexibility index (Phi) is 6.18. The Morgan fingerprint density at radius 3 is 2.30 bits per heavy atom. The minimum atomic E-state index is -5.18. The number of imide groups is 1. The smallest absolute Gasteiger partial charge is 0.421 e. The van der Waals surface area contributed by atoms with Gasteiger partial charge in [0.1, 0.15) is 16.9 Å². The molecule has 1 aliphatic rings. The molecule has 2 atom stereocenters. The first-order valence-electron chi connectivity index (χ1n) is 9.81. The van der Waals surface area contributed by atoms with Crippen molar-refractivity contribution in [2.24, 2.45) is 5.92 Å². The third-order valence-corrected chi connectivity index (χ3v) is 5.45. The Morgan fingerprint density at radius 2 is 1.79 bits per heavy atom. The normalized spacial score (nSPS) is 19.2. The van der Waals surface area contributed by atoms with Gasteiger partial charge in [-0.3, -0.25) is 14.9 Å². The van der Waals surface area contributed by atoms with Crippen LogP contribution in [0, 0.1) is 16.0 Å². The van der Waals surface area contributed by atoms with Crippen LogP contribution in [-0.4, -0.2) is 35.2 Å². The van der Waals surface area contributed by atoms with Gasteiger partial charge in [0.05, 0.1) is 5.69 Å². The molecule has 0 N–H and O–H groups in total. The molecule has 7 nitrogen and oxygen atoms in total. The second-order valence-corrected chi connectivity index (χ2v) is 9.00. The number of halogens is 4. The molecule has 2 aromatic carbocycles. The van der Waals surface area contributed by atoms with E-state index in [0.717, 1.165) is 6.07 Å².